The Morgan fingerprint density at radius 3 is 2.69 bits per heavy atom. The Balaban J connectivity index is 2.62. The van der Waals surface area contributed by atoms with Gasteiger partial charge in [0.25, 0.3) is 0 Å². The Kier molecular flexibility index (Phi) is 2.49. The maximum Gasteiger partial charge on any atom is 0.394 e. The largest absolute Gasteiger partial charge is 0.394 e. The molecule has 2 aromatic rings. The van der Waals surface area contributed by atoms with Gasteiger partial charge in [0.05, 0.1) is 17.5 Å². The highest BCUT2D eigenvalue weighted by atomic mass is 35.5. The minimum atomic E-state index is -4.33. The number of alkyl halides is 3. The van der Waals surface area contributed by atoms with E-state index in [9.17, 15) is 13.2 Å². The van der Waals surface area contributed by atoms with Crippen LogP contribution in [0.25, 0.3) is 11.0 Å². The zero-order valence-electron chi connectivity index (χ0n) is 8.09. The third-order valence-electron chi connectivity index (χ3n) is 2.01. The first kappa shape index (κ1) is 11.1. The summed E-state index contributed by atoms with van der Waals surface area (Å²) in [6.45, 7) is 0. The number of fused-ring (bicyclic) bond motifs is 1. The topological polar surface area (TPSA) is 43.6 Å². The molecule has 0 aliphatic carbocycles. The van der Waals surface area contributed by atoms with E-state index in [1.165, 1.54) is 18.1 Å². The number of aryl methyl sites for hydroxylation is 1. The van der Waals surface area contributed by atoms with Gasteiger partial charge in [0.2, 0.25) is 0 Å². The predicted molar refractivity (Wildman–Crippen MR) is 51.1 cm³/mol. The lowest BCUT2D eigenvalue weighted by Gasteiger charge is -2.03. The van der Waals surface area contributed by atoms with Crippen LogP contribution in [0.5, 0.6) is 0 Å². The van der Waals surface area contributed by atoms with Crippen LogP contribution in [-0.2, 0) is 13.5 Å². The van der Waals surface area contributed by atoms with Gasteiger partial charge >= 0.3 is 6.18 Å². The van der Waals surface area contributed by atoms with Gasteiger partial charge in [-0.25, -0.2) is 9.97 Å². The molecule has 0 saturated heterocycles. The summed E-state index contributed by atoms with van der Waals surface area (Å²) < 4.78 is 38.1. The molecule has 0 radical (unpaired) electrons. The van der Waals surface area contributed by atoms with E-state index in [0.717, 1.165) is 0 Å². The van der Waals surface area contributed by atoms with Crippen LogP contribution >= 0.6 is 11.6 Å². The first-order valence-corrected chi connectivity index (χ1v) is 4.65. The van der Waals surface area contributed by atoms with Crippen molar-refractivity contribution in [2.75, 3.05) is 0 Å². The van der Waals surface area contributed by atoms with Gasteiger partial charge in [-0.05, 0) is 0 Å². The highest BCUT2D eigenvalue weighted by Gasteiger charge is 2.31. The summed E-state index contributed by atoms with van der Waals surface area (Å²) in [7, 11) is 1.51. The first-order chi connectivity index (χ1) is 7.38. The minimum Gasteiger partial charge on any atom is -0.250 e. The van der Waals surface area contributed by atoms with E-state index in [0.29, 0.717) is 5.65 Å². The van der Waals surface area contributed by atoms with Crippen LogP contribution in [0, 0.1) is 0 Å². The molecule has 2 heterocycles. The smallest absolute Gasteiger partial charge is 0.250 e. The van der Waals surface area contributed by atoms with Crippen LogP contribution in [0.4, 0.5) is 13.2 Å². The number of aromatic nitrogens is 4. The molecule has 0 atom stereocenters. The normalized spacial score (nSPS) is 12.3. The Bertz CT molecular complexity index is 534. The van der Waals surface area contributed by atoms with Crippen molar-refractivity contribution in [1.29, 1.82) is 0 Å². The zero-order chi connectivity index (χ0) is 11.9. The average Bonchev–Trinajstić information content (AvgIpc) is 2.42. The van der Waals surface area contributed by atoms with Gasteiger partial charge in [0.15, 0.2) is 5.65 Å². The fourth-order valence-corrected chi connectivity index (χ4v) is 1.68. The molecular formula is C8H6ClF3N4. The molecule has 2 aromatic heterocycles. The van der Waals surface area contributed by atoms with Crippen molar-refractivity contribution in [3.63, 3.8) is 0 Å². The standard InChI is InChI=1S/C8H6ClF3N4/c1-16-7-5(6(9)13-3-14-7)4(15-16)2-8(10,11)12/h3H,2H2,1H3. The summed E-state index contributed by atoms with van der Waals surface area (Å²) in [4.78, 5) is 7.47. The van der Waals surface area contributed by atoms with Crippen molar-refractivity contribution in [3.8, 4) is 0 Å². The lowest BCUT2D eigenvalue weighted by Crippen LogP contribution is -2.12. The number of hydrogen-bond donors (Lipinski definition) is 0. The number of rotatable bonds is 1. The Hall–Kier alpha value is -1.37. The molecule has 0 aromatic carbocycles. The minimum absolute atomic E-state index is 0.0163. The van der Waals surface area contributed by atoms with E-state index >= 15 is 0 Å². The van der Waals surface area contributed by atoms with Gasteiger partial charge in [-0.15, -0.1) is 0 Å². The highest BCUT2D eigenvalue weighted by molar-refractivity contribution is 6.34. The molecule has 0 N–H and O–H groups in total. The average molecular weight is 251 g/mol. The van der Waals surface area contributed by atoms with E-state index in [2.05, 4.69) is 15.1 Å². The molecule has 16 heavy (non-hydrogen) atoms. The highest BCUT2D eigenvalue weighted by Crippen LogP contribution is 2.28. The zero-order valence-corrected chi connectivity index (χ0v) is 8.84. The molecule has 8 heteroatoms. The Labute approximate surface area is 93.1 Å². The quantitative estimate of drug-likeness (QED) is 0.728. The van der Waals surface area contributed by atoms with E-state index < -0.39 is 12.6 Å². The Morgan fingerprint density at radius 1 is 1.38 bits per heavy atom. The molecule has 86 valence electrons. The van der Waals surface area contributed by atoms with Gasteiger partial charge in [0, 0.05) is 7.05 Å². The lowest BCUT2D eigenvalue weighted by molar-refractivity contribution is -0.127. The van der Waals surface area contributed by atoms with Gasteiger partial charge in [-0.2, -0.15) is 18.3 Å². The fraction of sp³-hybridized carbons (Fsp3) is 0.375. The molecule has 0 unspecified atom stereocenters. The molecule has 0 amide bonds. The van der Waals surface area contributed by atoms with E-state index in [-0.39, 0.29) is 16.2 Å². The molecule has 0 aliphatic rings. The molecule has 0 bridgehead atoms. The summed E-state index contributed by atoms with van der Waals surface area (Å²) in [5, 5.41) is 3.89. The van der Waals surface area contributed by atoms with Crippen molar-refractivity contribution in [1.82, 2.24) is 19.7 Å². The van der Waals surface area contributed by atoms with Gasteiger partial charge in [-0.1, -0.05) is 11.6 Å². The van der Waals surface area contributed by atoms with Crippen molar-refractivity contribution in [2.24, 2.45) is 7.05 Å². The summed E-state index contributed by atoms with van der Waals surface area (Å²) in [5.74, 6) is 0. The van der Waals surface area contributed by atoms with Crippen molar-refractivity contribution < 1.29 is 13.2 Å². The lowest BCUT2D eigenvalue weighted by atomic mass is 10.2. The van der Waals surface area contributed by atoms with Crippen LogP contribution in [0.15, 0.2) is 6.33 Å². The van der Waals surface area contributed by atoms with Crippen molar-refractivity contribution >= 4 is 22.6 Å². The molecule has 0 aliphatic heterocycles. The van der Waals surface area contributed by atoms with Crippen LogP contribution < -0.4 is 0 Å². The summed E-state index contributed by atoms with van der Waals surface area (Å²) in [6, 6.07) is 0. The molecule has 0 spiro atoms. The monoisotopic (exact) mass is 250 g/mol. The van der Waals surface area contributed by atoms with Crippen molar-refractivity contribution in [2.45, 2.75) is 12.6 Å². The van der Waals surface area contributed by atoms with Crippen LogP contribution in [0.1, 0.15) is 5.69 Å². The fourth-order valence-electron chi connectivity index (χ4n) is 1.44. The third kappa shape index (κ3) is 1.95. The second-order valence-electron chi connectivity index (χ2n) is 3.23. The summed E-state index contributed by atoms with van der Waals surface area (Å²) >= 11 is 5.73. The molecule has 4 nitrogen and oxygen atoms in total. The number of halogens is 4. The number of hydrogen-bond acceptors (Lipinski definition) is 3. The van der Waals surface area contributed by atoms with E-state index in [1.54, 1.807) is 0 Å². The van der Waals surface area contributed by atoms with Crippen LogP contribution in [0.2, 0.25) is 5.15 Å². The molecule has 2 rings (SSSR count). The summed E-state index contributed by atoms with van der Waals surface area (Å²) in [5.41, 5.74) is 0.134. The van der Waals surface area contributed by atoms with Crippen LogP contribution in [-0.4, -0.2) is 25.9 Å². The van der Waals surface area contributed by atoms with Gasteiger partial charge < -0.3 is 0 Å². The van der Waals surface area contributed by atoms with Crippen molar-refractivity contribution in [3.05, 3.63) is 17.2 Å². The second kappa shape index (κ2) is 3.58. The molecular weight excluding hydrogens is 245 g/mol. The van der Waals surface area contributed by atoms with Gasteiger partial charge in [0.1, 0.15) is 11.5 Å². The number of nitrogens with zero attached hydrogens (tertiary/aromatic N) is 4. The molecule has 0 fully saturated rings. The Morgan fingerprint density at radius 2 is 2.06 bits per heavy atom. The molecule has 0 saturated carbocycles. The maximum absolute atomic E-state index is 12.3. The van der Waals surface area contributed by atoms with E-state index in [1.807, 2.05) is 0 Å². The maximum atomic E-state index is 12.3. The predicted octanol–water partition coefficient (Wildman–Crippen LogP) is 2.12. The third-order valence-corrected chi connectivity index (χ3v) is 2.30. The second-order valence-corrected chi connectivity index (χ2v) is 3.58. The van der Waals surface area contributed by atoms with Gasteiger partial charge in [-0.3, -0.25) is 4.68 Å². The van der Waals surface area contributed by atoms with Crippen LogP contribution in [0.3, 0.4) is 0 Å². The summed E-state index contributed by atoms with van der Waals surface area (Å²) in [6.07, 6.45) is -4.29. The van der Waals surface area contributed by atoms with E-state index in [4.69, 9.17) is 11.6 Å². The first-order valence-electron chi connectivity index (χ1n) is 4.27. The SMILES string of the molecule is Cn1nc(CC(F)(F)F)c2c(Cl)ncnc21.